The average Bonchev–Trinajstić information content (AvgIpc) is 2.78. The van der Waals surface area contributed by atoms with E-state index in [0.717, 1.165) is 18.2 Å². The van der Waals surface area contributed by atoms with Gasteiger partial charge in [0.05, 0.1) is 29.5 Å². The molecule has 7 nitrogen and oxygen atoms in total. The summed E-state index contributed by atoms with van der Waals surface area (Å²) in [5.74, 6) is -0.452. The number of hydrogen-bond acceptors (Lipinski definition) is 6. The highest BCUT2D eigenvalue weighted by atomic mass is 19.4. The summed E-state index contributed by atoms with van der Waals surface area (Å²) < 4.78 is 44.8. The van der Waals surface area contributed by atoms with Crippen LogP contribution in [0.5, 0.6) is 11.5 Å². The number of rotatable bonds is 6. The second-order valence-corrected chi connectivity index (χ2v) is 6.51. The molecular formula is C22H16F3N3O4. The molecule has 3 N–H and O–H groups in total. The van der Waals surface area contributed by atoms with Gasteiger partial charge in [0.15, 0.2) is 6.10 Å². The Hall–Kier alpha value is -3.94. The highest BCUT2D eigenvalue weighted by molar-refractivity contribution is 5.93. The number of nitriles is 1. The summed E-state index contributed by atoms with van der Waals surface area (Å²) in [6.45, 7) is -0.750. The molecule has 0 aliphatic heterocycles. The van der Waals surface area contributed by atoms with E-state index < -0.39 is 35.9 Å². The molecule has 164 valence electrons. The zero-order valence-corrected chi connectivity index (χ0v) is 16.3. The van der Waals surface area contributed by atoms with Crippen LogP contribution in [0.15, 0.2) is 60.7 Å². The molecule has 1 heterocycles. The lowest BCUT2D eigenvalue weighted by molar-refractivity contribution is -0.137. The van der Waals surface area contributed by atoms with Crippen molar-refractivity contribution in [1.82, 2.24) is 4.98 Å². The third-order valence-electron chi connectivity index (χ3n) is 4.28. The highest BCUT2D eigenvalue weighted by Crippen LogP contribution is 2.36. The fourth-order valence-corrected chi connectivity index (χ4v) is 2.77. The first-order valence-corrected chi connectivity index (χ1v) is 9.18. The molecule has 0 spiro atoms. The molecule has 2 aromatic carbocycles. The van der Waals surface area contributed by atoms with Crippen LogP contribution in [0, 0.1) is 11.3 Å². The summed E-state index contributed by atoms with van der Waals surface area (Å²) in [4.78, 5) is 16.0. The zero-order valence-electron chi connectivity index (χ0n) is 16.3. The Bertz CT molecular complexity index is 1180. The number of pyridine rings is 1. The van der Waals surface area contributed by atoms with E-state index in [1.165, 1.54) is 12.1 Å². The second-order valence-electron chi connectivity index (χ2n) is 6.51. The van der Waals surface area contributed by atoms with Gasteiger partial charge in [-0.3, -0.25) is 4.79 Å². The predicted octanol–water partition coefficient (Wildman–Crippen LogP) is 3.72. The molecule has 3 aromatic rings. The van der Waals surface area contributed by atoms with Crippen LogP contribution in [0.1, 0.15) is 11.1 Å². The minimum atomic E-state index is -4.67. The minimum Gasteiger partial charge on any atom is -0.457 e. The predicted molar refractivity (Wildman–Crippen MR) is 108 cm³/mol. The lowest BCUT2D eigenvalue weighted by Crippen LogP contribution is -2.30. The molecule has 10 heteroatoms. The summed E-state index contributed by atoms with van der Waals surface area (Å²) in [5, 5.41) is 29.7. The van der Waals surface area contributed by atoms with Crippen LogP contribution in [0.4, 0.5) is 19.0 Å². The molecule has 0 saturated carbocycles. The number of ether oxygens (including phenoxy) is 1. The number of carbonyl (C=O) groups is 1. The molecule has 0 radical (unpaired) electrons. The van der Waals surface area contributed by atoms with Gasteiger partial charge in [0.25, 0.3) is 5.91 Å². The van der Waals surface area contributed by atoms with Gasteiger partial charge in [-0.05, 0) is 42.5 Å². The molecule has 0 fully saturated rings. The first-order chi connectivity index (χ1) is 15.2. The number of aliphatic hydroxyl groups is 2. The van der Waals surface area contributed by atoms with Crippen LogP contribution < -0.4 is 10.1 Å². The zero-order chi connectivity index (χ0) is 23.3. The number of aromatic nitrogens is 1. The van der Waals surface area contributed by atoms with Gasteiger partial charge in [0.2, 0.25) is 0 Å². The number of hydrogen-bond donors (Lipinski definition) is 3. The highest BCUT2D eigenvalue weighted by Gasteiger charge is 2.33. The van der Waals surface area contributed by atoms with Gasteiger partial charge in [0.1, 0.15) is 17.3 Å². The Morgan fingerprint density at radius 1 is 1.16 bits per heavy atom. The number of anilines is 1. The van der Waals surface area contributed by atoms with Gasteiger partial charge in [-0.25, -0.2) is 4.98 Å². The number of amides is 1. The van der Waals surface area contributed by atoms with Crippen molar-refractivity contribution in [3.05, 3.63) is 71.8 Å². The first kappa shape index (κ1) is 22.7. The van der Waals surface area contributed by atoms with Crippen molar-refractivity contribution in [3.63, 3.8) is 0 Å². The van der Waals surface area contributed by atoms with E-state index >= 15 is 0 Å². The molecule has 1 amide bonds. The SMILES string of the molecule is N#Cc1cc(Oc2ccccc2-c2cccc(NC(=O)C(O)CO)n2)ccc1C(F)(F)F. The number of carbonyl (C=O) groups excluding carboxylic acids is 1. The van der Waals surface area contributed by atoms with Crippen LogP contribution in [-0.2, 0) is 11.0 Å². The standard InChI is InChI=1S/C22H16F3N3O4/c23-22(24,25)16-9-8-14(10-13(16)11-26)32-19-6-2-1-4-15(19)17-5-3-7-20(27-17)28-21(31)18(30)12-29/h1-10,18,29-30H,12H2,(H,27,28,31). The normalized spacial score (nSPS) is 12.0. The number of nitrogens with one attached hydrogen (secondary N) is 1. The van der Waals surface area contributed by atoms with Crippen molar-refractivity contribution in [3.8, 4) is 28.8 Å². The van der Waals surface area contributed by atoms with E-state index in [0.29, 0.717) is 11.3 Å². The Labute approximate surface area is 180 Å². The van der Waals surface area contributed by atoms with Crippen LogP contribution in [0.2, 0.25) is 0 Å². The Morgan fingerprint density at radius 3 is 2.59 bits per heavy atom. The summed E-state index contributed by atoms with van der Waals surface area (Å²) in [6.07, 6.45) is -6.27. The van der Waals surface area contributed by atoms with Gasteiger partial charge in [-0.15, -0.1) is 0 Å². The van der Waals surface area contributed by atoms with Gasteiger partial charge in [-0.1, -0.05) is 18.2 Å². The number of nitrogens with zero attached hydrogens (tertiary/aromatic N) is 2. The molecule has 0 aliphatic carbocycles. The molecular weight excluding hydrogens is 427 g/mol. The number of alkyl halides is 3. The second kappa shape index (κ2) is 9.47. The summed E-state index contributed by atoms with van der Waals surface area (Å²) in [6, 6.07) is 15.7. The Morgan fingerprint density at radius 2 is 1.91 bits per heavy atom. The van der Waals surface area contributed by atoms with E-state index in [-0.39, 0.29) is 17.3 Å². The molecule has 0 aliphatic rings. The van der Waals surface area contributed by atoms with Crippen molar-refractivity contribution in [2.45, 2.75) is 12.3 Å². The van der Waals surface area contributed by atoms with E-state index in [9.17, 15) is 23.1 Å². The largest absolute Gasteiger partial charge is 0.457 e. The van der Waals surface area contributed by atoms with E-state index in [2.05, 4.69) is 10.3 Å². The van der Waals surface area contributed by atoms with E-state index in [4.69, 9.17) is 15.1 Å². The fourth-order valence-electron chi connectivity index (χ4n) is 2.77. The van der Waals surface area contributed by atoms with Crippen LogP contribution in [0.25, 0.3) is 11.3 Å². The summed E-state index contributed by atoms with van der Waals surface area (Å²) in [7, 11) is 0. The van der Waals surface area contributed by atoms with Crippen molar-refractivity contribution < 1.29 is 32.9 Å². The fraction of sp³-hybridized carbons (Fsp3) is 0.136. The summed E-state index contributed by atoms with van der Waals surface area (Å²) in [5.41, 5.74) is -0.803. The van der Waals surface area contributed by atoms with Gasteiger partial charge in [0, 0.05) is 5.56 Å². The molecule has 32 heavy (non-hydrogen) atoms. The third-order valence-corrected chi connectivity index (χ3v) is 4.28. The average molecular weight is 443 g/mol. The minimum absolute atomic E-state index is 0.0255. The number of benzene rings is 2. The van der Waals surface area contributed by atoms with Crippen LogP contribution in [0.3, 0.4) is 0 Å². The number of aliphatic hydroxyl groups excluding tert-OH is 2. The van der Waals surface area contributed by atoms with E-state index in [1.807, 2.05) is 0 Å². The molecule has 1 atom stereocenters. The Kier molecular flexibility index (Phi) is 6.73. The third kappa shape index (κ3) is 5.21. The molecule has 0 saturated heterocycles. The molecule has 0 bridgehead atoms. The van der Waals surface area contributed by atoms with E-state index in [1.54, 1.807) is 36.4 Å². The summed E-state index contributed by atoms with van der Waals surface area (Å²) >= 11 is 0. The smallest absolute Gasteiger partial charge is 0.417 e. The first-order valence-electron chi connectivity index (χ1n) is 9.18. The maximum absolute atomic E-state index is 13.0. The maximum atomic E-state index is 13.0. The lowest BCUT2D eigenvalue weighted by atomic mass is 10.1. The van der Waals surface area contributed by atoms with Crippen molar-refractivity contribution >= 4 is 11.7 Å². The van der Waals surface area contributed by atoms with Crippen molar-refractivity contribution in [1.29, 1.82) is 5.26 Å². The maximum Gasteiger partial charge on any atom is 0.417 e. The van der Waals surface area contributed by atoms with Crippen molar-refractivity contribution in [2.24, 2.45) is 0 Å². The van der Waals surface area contributed by atoms with Gasteiger partial charge < -0.3 is 20.3 Å². The van der Waals surface area contributed by atoms with Gasteiger partial charge >= 0.3 is 6.18 Å². The van der Waals surface area contributed by atoms with Crippen LogP contribution in [-0.4, -0.2) is 33.8 Å². The lowest BCUT2D eigenvalue weighted by Gasteiger charge is -2.14. The monoisotopic (exact) mass is 443 g/mol. The molecule has 1 aromatic heterocycles. The quantitative estimate of drug-likeness (QED) is 0.535. The van der Waals surface area contributed by atoms with Gasteiger partial charge in [-0.2, -0.15) is 18.4 Å². The topological polar surface area (TPSA) is 115 Å². The molecule has 1 unspecified atom stereocenters. The number of para-hydroxylation sites is 1. The van der Waals surface area contributed by atoms with Crippen LogP contribution >= 0.6 is 0 Å². The number of halogens is 3. The Balaban J connectivity index is 1.92. The van der Waals surface area contributed by atoms with Crippen molar-refractivity contribution in [2.75, 3.05) is 11.9 Å². The molecule has 3 rings (SSSR count).